The van der Waals surface area contributed by atoms with Gasteiger partial charge in [-0.3, -0.25) is 9.20 Å². The van der Waals surface area contributed by atoms with Crippen molar-refractivity contribution in [3.05, 3.63) is 75.9 Å². The predicted molar refractivity (Wildman–Crippen MR) is 127 cm³/mol. The van der Waals surface area contributed by atoms with Gasteiger partial charge in [0.25, 0.3) is 0 Å². The summed E-state index contributed by atoms with van der Waals surface area (Å²) in [7, 11) is 0. The van der Waals surface area contributed by atoms with Crippen molar-refractivity contribution in [2.75, 3.05) is 0 Å². The summed E-state index contributed by atoms with van der Waals surface area (Å²) in [5, 5.41) is 0.625. The van der Waals surface area contributed by atoms with E-state index in [2.05, 4.69) is 4.98 Å². The molecule has 0 aliphatic heterocycles. The number of fused-ring (bicyclic) bond motifs is 1. The Morgan fingerprint density at radius 2 is 2.12 bits per heavy atom. The van der Waals surface area contributed by atoms with Crippen molar-refractivity contribution in [3.8, 4) is 16.3 Å². The van der Waals surface area contributed by atoms with E-state index in [0.29, 0.717) is 10.8 Å². The average molecular weight is 467 g/mol. The second-order valence-electron chi connectivity index (χ2n) is 8.27. The lowest BCUT2D eigenvalue weighted by molar-refractivity contribution is -0.117. The molecule has 1 aromatic carbocycles. The number of carbonyl (C=O) groups excluding carboxylic acids is 1. The Morgan fingerprint density at radius 3 is 2.84 bits per heavy atom. The zero-order valence-corrected chi connectivity index (χ0v) is 19.1. The van der Waals surface area contributed by atoms with Crippen LogP contribution in [0.15, 0.2) is 54.9 Å². The number of ether oxygens (including phenoxy) is 1. The third-order valence-corrected chi connectivity index (χ3v) is 7.35. The summed E-state index contributed by atoms with van der Waals surface area (Å²) < 4.78 is 8.31. The molecule has 164 valence electrons. The maximum Gasteiger partial charge on any atom is 0.222 e. The summed E-state index contributed by atoms with van der Waals surface area (Å²) in [5.74, 6) is 0.217. The van der Waals surface area contributed by atoms with E-state index in [1.807, 2.05) is 66.2 Å². The molecule has 1 aliphatic rings. The number of aromatic nitrogens is 2. The van der Waals surface area contributed by atoms with Gasteiger partial charge in [-0.1, -0.05) is 29.8 Å². The molecule has 1 saturated carbocycles. The first kappa shape index (κ1) is 21.0. The van der Waals surface area contributed by atoms with Crippen LogP contribution in [0.4, 0.5) is 0 Å². The smallest absolute Gasteiger partial charge is 0.222 e. The third kappa shape index (κ3) is 3.88. The number of thiophene rings is 1. The topological polar surface area (TPSA) is 95.6 Å². The van der Waals surface area contributed by atoms with Crippen LogP contribution in [0.2, 0.25) is 5.02 Å². The summed E-state index contributed by atoms with van der Waals surface area (Å²) in [6.07, 6.45) is 5.52. The molecule has 6 nitrogen and oxygen atoms in total. The number of rotatable bonds is 7. The highest BCUT2D eigenvalue weighted by Gasteiger charge is 2.40. The molecule has 3 heterocycles. The second kappa shape index (κ2) is 7.92. The normalized spacial score (nSPS) is 15.6. The number of benzene rings is 1. The van der Waals surface area contributed by atoms with Crippen LogP contribution >= 0.6 is 22.9 Å². The molecule has 32 heavy (non-hydrogen) atoms. The number of carbonyl (C=O) groups is 1. The largest absolute Gasteiger partial charge is 0.485 e. The lowest BCUT2D eigenvalue weighted by Crippen LogP contribution is -2.19. The maximum absolute atomic E-state index is 11.7. The zero-order valence-electron chi connectivity index (χ0n) is 17.5. The average Bonchev–Trinajstić information content (AvgIpc) is 3.19. The molecular weight excluding hydrogens is 444 g/mol. The van der Waals surface area contributed by atoms with Gasteiger partial charge in [0.1, 0.15) is 17.5 Å². The summed E-state index contributed by atoms with van der Waals surface area (Å²) in [4.78, 5) is 17.9. The van der Waals surface area contributed by atoms with Crippen molar-refractivity contribution in [1.29, 1.82) is 0 Å². The number of primary amides is 1. The van der Waals surface area contributed by atoms with Crippen molar-refractivity contribution in [2.45, 2.75) is 37.8 Å². The van der Waals surface area contributed by atoms with E-state index in [0.717, 1.165) is 45.1 Å². The van der Waals surface area contributed by atoms with Crippen LogP contribution in [0.1, 0.15) is 41.9 Å². The molecule has 5 rings (SSSR count). The first-order chi connectivity index (χ1) is 15.3. The van der Waals surface area contributed by atoms with Crippen LogP contribution in [0.3, 0.4) is 0 Å². The van der Waals surface area contributed by atoms with Crippen LogP contribution in [0.5, 0.6) is 5.75 Å². The number of hydrogen-bond acceptors (Lipinski definition) is 5. The maximum atomic E-state index is 11.7. The fraction of sp³-hybridized carbons (Fsp3) is 0.250. The van der Waals surface area contributed by atoms with Crippen molar-refractivity contribution in [3.63, 3.8) is 0 Å². The fourth-order valence-electron chi connectivity index (χ4n) is 3.88. The number of amides is 1. The second-order valence-corrected chi connectivity index (χ2v) is 9.81. The molecule has 0 spiro atoms. The molecular formula is C24H23ClN4O2S. The molecule has 0 unspecified atom stereocenters. The van der Waals surface area contributed by atoms with Gasteiger partial charge in [-0.15, -0.1) is 11.3 Å². The molecule has 0 saturated heterocycles. The lowest BCUT2D eigenvalue weighted by Gasteiger charge is -2.18. The first-order valence-corrected chi connectivity index (χ1v) is 11.6. The van der Waals surface area contributed by atoms with E-state index in [4.69, 9.17) is 27.8 Å². The number of pyridine rings is 1. The molecule has 8 heteroatoms. The Balaban J connectivity index is 1.46. The molecule has 0 bridgehead atoms. The molecule has 1 aliphatic carbocycles. The molecule has 3 aromatic heterocycles. The van der Waals surface area contributed by atoms with Gasteiger partial charge < -0.3 is 16.2 Å². The Hall–Kier alpha value is -2.87. The minimum atomic E-state index is -0.408. The Labute approximate surface area is 194 Å². The molecule has 1 atom stereocenters. The highest BCUT2D eigenvalue weighted by Crippen LogP contribution is 2.44. The van der Waals surface area contributed by atoms with E-state index < -0.39 is 5.91 Å². The van der Waals surface area contributed by atoms with E-state index >= 15 is 0 Å². The summed E-state index contributed by atoms with van der Waals surface area (Å²) in [6.45, 7) is 1.94. The summed E-state index contributed by atoms with van der Waals surface area (Å²) >= 11 is 8.06. The standard InChI is InChI=1S/C24H23ClN4O2S/c1-14(16-6-5-15(10-17(16)25)24(27)7-8-24)31-19-11-20(32-21(19)12-22(26)30)18-13-28-23-4-2-3-9-29(18)23/h2-6,9-11,13-14H,7-8,12,27H2,1H3,(H2,26,30)/t14-/m1/s1. The fourth-order valence-corrected chi connectivity index (χ4v) is 5.32. The van der Waals surface area contributed by atoms with Crippen molar-refractivity contribution in [2.24, 2.45) is 11.5 Å². The van der Waals surface area contributed by atoms with E-state index in [1.54, 1.807) is 0 Å². The van der Waals surface area contributed by atoms with Crippen LogP contribution in [0.25, 0.3) is 16.2 Å². The molecule has 1 fully saturated rings. The Bertz CT molecular complexity index is 1320. The highest BCUT2D eigenvalue weighted by atomic mass is 35.5. The predicted octanol–water partition coefficient (Wildman–Crippen LogP) is 4.83. The van der Waals surface area contributed by atoms with Gasteiger partial charge in [0.2, 0.25) is 5.91 Å². The minimum absolute atomic E-state index is 0.103. The van der Waals surface area contributed by atoms with Gasteiger partial charge in [-0.25, -0.2) is 4.98 Å². The quantitative estimate of drug-likeness (QED) is 0.407. The van der Waals surface area contributed by atoms with Crippen LogP contribution in [0, 0.1) is 0 Å². The highest BCUT2D eigenvalue weighted by molar-refractivity contribution is 7.15. The zero-order chi connectivity index (χ0) is 22.5. The van der Waals surface area contributed by atoms with Crippen molar-refractivity contribution < 1.29 is 9.53 Å². The van der Waals surface area contributed by atoms with Gasteiger partial charge in [-0.05, 0) is 43.5 Å². The molecule has 4 aromatic rings. The number of nitrogens with zero attached hydrogens (tertiary/aromatic N) is 2. The number of nitrogens with two attached hydrogens (primary N) is 2. The number of hydrogen-bond donors (Lipinski definition) is 2. The van der Waals surface area contributed by atoms with Gasteiger partial charge in [-0.2, -0.15) is 0 Å². The van der Waals surface area contributed by atoms with E-state index in [9.17, 15) is 4.79 Å². The van der Waals surface area contributed by atoms with Gasteiger partial charge >= 0.3 is 0 Å². The lowest BCUT2D eigenvalue weighted by atomic mass is 10.0. The van der Waals surface area contributed by atoms with Crippen molar-refractivity contribution >= 4 is 34.5 Å². The van der Waals surface area contributed by atoms with Crippen molar-refractivity contribution in [1.82, 2.24) is 9.38 Å². The van der Waals surface area contributed by atoms with Gasteiger partial charge in [0.15, 0.2) is 0 Å². The van der Waals surface area contributed by atoms with Gasteiger partial charge in [0, 0.05) is 28.4 Å². The number of imidazole rings is 1. The van der Waals surface area contributed by atoms with Crippen LogP contribution in [-0.4, -0.2) is 15.3 Å². The third-order valence-electron chi connectivity index (χ3n) is 5.88. The summed E-state index contributed by atoms with van der Waals surface area (Å²) in [6, 6.07) is 13.7. The SMILES string of the molecule is C[C@@H](Oc1cc(-c2cnc3ccccn23)sc1CC(N)=O)c1ccc(C2(N)CC2)cc1Cl. The monoisotopic (exact) mass is 466 g/mol. The van der Waals surface area contributed by atoms with Gasteiger partial charge in [0.05, 0.1) is 28.1 Å². The summed E-state index contributed by atoms with van der Waals surface area (Å²) in [5.41, 5.74) is 15.3. The Kier molecular flexibility index (Phi) is 5.20. The van der Waals surface area contributed by atoms with E-state index in [1.165, 1.54) is 11.3 Å². The van der Waals surface area contributed by atoms with E-state index in [-0.39, 0.29) is 18.1 Å². The Morgan fingerprint density at radius 1 is 1.31 bits per heavy atom. The molecule has 0 radical (unpaired) electrons. The molecule has 1 amide bonds. The van der Waals surface area contributed by atoms with Crippen LogP contribution < -0.4 is 16.2 Å². The number of halogens is 1. The minimum Gasteiger partial charge on any atom is -0.485 e. The molecule has 4 N–H and O–H groups in total. The first-order valence-electron chi connectivity index (χ1n) is 10.4. The van der Waals surface area contributed by atoms with Crippen LogP contribution in [-0.2, 0) is 16.8 Å².